The standard InChI is InChI=1S/C17H19N3O2/c1-12(20-7-2-3-8-20)13-5-4-6-14(9-13)15-10-19-16(11-18-15)17(21)22/h4-6,9-12H,2-3,7-8H2,1H3,(H,21,22)/t12-/m1/s1. The largest absolute Gasteiger partial charge is 0.476 e. The average Bonchev–Trinajstić information content (AvgIpc) is 3.09. The third-order valence-electron chi connectivity index (χ3n) is 4.22. The molecule has 0 saturated carbocycles. The van der Waals surface area contributed by atoms with E-state index in [1.165, 1.54) is 30.8 Å². The molecule has 0 radical (unpaired) electrons. The maximum absolute atomic E-state index is 10.8. The molecule has 1 fully saturated rings. The first-order chi connectivity index (χ1) is 10.6. The lowest BCUT2D eigenvalue weighted by Gasteiger charge is -2.24. The van der Waals surface area contributed by atoms with E-state index in [1.54, 1.807) is 0 Å². The Morgan fingerprint density at radius 2 is 2.00 bits per heavy atom. The highest BCUT2D eigenvalue weighted by atomic mass is 16.4. The van der Waals surface area contributed by atoms with E-state index in [4.69, 9.17) is 5.11 Å². The van der Waals surface area contributed by atoms with Crippen LogP contribution in [0.15, 0.2) is 36.7 Å². The molecule has 0 bridgehead atoms. The Balaban J connectivity index is 1.85. The van der Waals surface area contributed by atoms with E-state index in [0.717, 1.165) is 18.7 Å². The van der Waals surface area contributed by atoms with E-state index in [2.05, 4.69) is 33.9 Å². The quantitative estimate of drug-likeness (QED) is 0.939. The molecule has 1 N–H and O–H groups in total. The lowest BCUT2D eigenvalue weighted by atomic mass is 10.0. The SMILES string of the molecule is C[C@H](c1cccc(-c2cnc(C(=O)O)cn2)c1)N1CCCC1. The second-order valence-corrected chi connectivity index (χ2v) is 5.64. The predicted octanol–water partition coefficient (Wildman–Crippen LogP) is 3.00. The van der Waals surface area contributed by atoms with Crippen LogP contribution < -0.4 is 0 Å². The van der Waals surface area contributed by atoms with Crippen molar-refractivity contribution in [3.8, 4) is 11.3 Å². The number of carbonyl (C=O) groups is 1. The highest BCUT2D eigenvalue weighted by molar-refractivity contribution is 5.85. The van der Waals surface area contributed by atoms with Gasteiger partial charge in [-0.3, -0.25) is 9.88 Å². The second-order valence-electron chi connectivity index (χ2n) is 5.64. The van der Waals surface area contributed by atoms with Crippen LogP contribution in [0.25, 0.3) is 11.3 Å². The molecule has 5 heteroatoms. The van der Waals surface area contributed by atoms with Crippen molar-refractivity contribution in [1.29, 1.82) is 0 Å². The molecule has 5 nitrogen and oxygen atoms in total. The zero-order valence-electron chi connectivity index (χ0n) is 12.6. The second kappa shape index (κ2) is 6.23. The monoisotopic (exact) mass is 297 g/mol. The van der Waals surface area contributed by atoms with E-state index in [1.807, 2.05) is 12.1 Å². The summed E-state index contributed by atoms with van der Waals surface area (Å²) in [5.74, 6) is -1.06. The van der Waals surface area contributed by atoms with E-state index in [0.29, 0.717) is 11.7 Å². The Labute approximate surface area is 129 Å². The van der Waals surface area contributed by atoms with Crippen LogP contribution in [-0.4, -0.2) is 39.0 Å². The number of nitrogens with zero attached hydrogens (tertiary/aromatic N) is 3. The van der Waals surface area contributed by atoms with Crippen molar-refractivity contribution in [2.24, 2.45) is 0 Å². The fourth-order valence-corrected chi connectivity index (χ4v) is 2.89. The fourth-order valence-electron chi connectivity index (χ4n) is 2.89. The van der Waals surface area contributed by atoms with Crippen LogP contribution >= 0.6 is 0 Å². The number of aromatic carboxylic acids is 1. The van der Waals surface area contributed by atoms with Gasteiger partial charge in [0.2, 0.25) is 0 Å². The molecule has 2 aromatic rings. The molecule has 2 heterocycles. The molecule has 3 rings (SSSR count). The minimum absolute atomic E-state index is 0.0367. The molecule has 1 aliphatic heterocycles. The molecule has 1 aromatic heterocycles. The summed E-state index contributed by atoms with van der Waals surface area (Å²) < 4.78 is 0. The number of benzene rings is 1. The minimum Gasteiger partial charge on any atom is -0.476 e. The number of hydrogen-bond acceptors (Lipinski definition) is 4. The van der Waals surface area contributed by atoms with Crippen molar-refractivity contribution in [3.63, 3.8) is 0 Å². The van der Waals surface area contributed by atoms with Gasteiger partial charge in [-0.15, -0.1) is 0 Å². The fraction of sp³-hybridized carbons (Fsp3) is 0.353. The number of rotatable bonds is 4. The van der Waals surface area contributed by atoms with E-state index in [9.17, 15) is 4.79 Å². The van der Waals surface area contributed by atoms with Crippen molar-refractivity contribution < 1.29 is 9.90 Å². The van der Waals surface area contributed by atoms with Crippen LogP contribution in [0.2, 0.25) is 0 Å². The number of hydrogen-bond donors (Lipinski definition) is 1. The number of aromatic nitrogens is 2. The third kappa shape index (κ3) is 2.99. The van der Waals surface area contributed by atoms with Gasteiger partial charge in [0.1, 0.15) is 0 Å². The maximum atomic E-state index is 10.8. The van der Waals surface area contributed by atoms with Crippen LogP contribution in [0.1, 0.15) is 41.9 Å². The van der Waals surface area contributed by atoms with Gasteiger partial charge >= 0.3 is 5.97 Å². The predicted molar refractivity (Wildman–Crippen MR) is 83.6 cm³/mol. The van der Waals surface area contributed by atoms with Crippen LogP contribution in [0.3, 0.4) is 0 Å². The summed E-state index contributed by atoms with van der Waals surface area (Å²) in [6, 6.07) is 8.63. The summed E-state index contributed by atoms with van der Waals surface area (Å²) in [6.07, 6.45) is 5.36. The Kier molecular flexibility index (Phi) is 4.15. The summed E-state index contributed by atoms with van der Waals surface area (Å²) in [6.45, 7) is 4.53. The molecule has 1 atom stereocenters. The molecule has 1 saturated heterocycles. The first-order valence-electron chi connectivity index (χ1n) is 7.55. The average molecular weight is 297 g/mol. The van der Waals surface area contributed by atoms with Gasteiger partial charge in [0, 0.05) is 11.6 Å². The van der Waals surface area contributed by atoms with Gasteiger partial charge in [-0.1, -0.05) is 18.2 Å². The maximum Gasteiger partial charge on any atom is 0.356 e. The van der Waals surface area contributed by atoms with Gasteiger partial charge in [-0.2, -0.15) is 0 Å². The molecule has 0 unspecified atom stereocenters. The normalized spacial score (nSPS) is 16.6. The summed E-state index contributed by atoms with van der Waals surface area (Å²) in [4.78, 5) is 21.5. The van der Waals surface area contributed by atoms with Gasteiger partial charge < -0.3 is 5.11 Å². The van der Waals surface area contributed by atoms with Crippen molar-refractivity contribution >= 4 is 5.97 Å². The van der Waals surface area contributed by atoms with Crippen molar-refractivity contribution in [1.82, 2.24) is 14.9 Å². The summed E-state index contributed by atoms with van der Waals surface area (Å²) >= 11 is 0. The van der Waals surface area contributed by atoms with Crippen LogP contribution in [0.5, 0.6) is 0 Å². The van der Waals surface area contributed by atoms with Gasteiger partial charge in [0.05, 0.1) is 18.1 Å². The lowest BCUT2D eigenvalue weighted by Crippen LogP contribution is -2.23. The molecular formula is C17H19N3O2. The molecule has 0 spiro atoms. The van der Waals surface area contributed by atoms with Gasteiger partial charge in [0.15, 0.2) is 5.69 Å². The molecule has 1 aromatic carbocycles. The summed E-state index contributed by atoms with van der Waals surface area (Å²) in [5, 5.41) is 8.88. The molecular weight excluding hydrogens is 278 g/mol. The van der Waals surface area contributed by atoms with Crippen LogP contribution in [-0.2, 0) is 0 Å². The number of carboxylic acids is 1. The smallest absolute Gasteiger partial charge is 0.356 e. The molecule has 114 valence electrons. The van der Waals surface area contributed by atoms with Crippen LogP contribution in [0, 0.1) is 0 Å². The van der Waals surface area contributed by atoms with E-state index in [-0.39, 0.29) is 5.69 Å². The Morgan fingerprint density at radius 3 is 2.64 bits per heavy atom. The molecule has 1 aliphatic rings. The molecule has 22 heavy (non-hydrogen) atoms. The Morgan fingerprint density at radius 1 is 1.23 bits per heavy atom. The zero-order valence-corrected chi connectivity index (χ0v) is 12.6. The lowest BCUT2D eigenvalue weighted by molar-refractivity contribution is 0.0690. The van der Waals surface area contributed by atoms with Crippen molar-refractivity contribution in [2.45, 2.75) is 25.8 Å². The van der Waals surface area contributed by atoms with Gasteiger partial charge in [-0.25, -0.2) is 9.78 Å². The third-order valence-corrected chi connectivity index (χ3v) is 4.22. The van der Waals surface area contributed by atoms with Crippen LogP contribution in [0.4, 0.5) is 0 Å². The van der Waals surface area contributed by atoms with Crippen molar-refractivity contribution in [2.75, 3.05) is 13.1 Å². The number of likely N-dealkylation sites (tertiary alicyclic amines) is 1. The number of carboxylic acid groups (broad SMARTS) is 1. The summed E-state index contributed by atoms with van der Waals surface area (Å²) in [7, 11) is 0. The highest BCUT2D eigenvalue weighted by Crippen LogP contribution is 2.27. The topological polar surface area (TPSA) is 66.3 Å². The first-order valence-corrected chi connectivity index (χ1v) is 7.55. The minimum atomic E-state index is -1.06. The Bertz CT molecular complexity index is 664. The Hall–Kier alpha value is -2.27. The first kappa shape index (κ1) is 14.7. The van der Waals surface area contributed by atoms with E-state index < -0.39 is 5.97 Å². The zero-order chi connectivity index (χ0) is 15.5. The molecule has 0 amide bonds. The van der Waals surface area contributed by atoms with E-state index >= 15 is 0 Å². The molecule has 0 aliphatic carbocycles. The van der Waals surface area contributed by atoms with Crippen molar-refractivity contribution in [3.05, 3.63) is 47.9 Å². The van der Waals surface area contributed by atoms with Gasteiger partial charge in [-0.05, 0) is 44.5 Å². The highest BCUT2D eigenvalue weighted by Gasteiger charge is 2.19. The van der Waals surface area contributed by atoms with Gasteiger partial charge in [0.25, 0.3) is 0 Å². The summed E-state index contributed by atoms with van der Waals surface area (Å²) in [5.41, 5.74) is 2.88.